The summed E-state index contributed by atoms with van der Waals surface area (Å²) in [6.07, 6.45) is 7.45. The van der Waals surface area contributed by atoms with Gasteiger partial charge in [-0.1, -0.05) is 11.6 Å². The highest BCUT2D eigenvalue weighted by Crippen LogP contribution is 2.24. The maximum atomic E-state index is 8.87. The molecule has 1 aliphatic rings. The lowest BCUT2D eigenvalue weighted by atomic mass is 9.84. The third-order valence-electron chi connectivity index (χ3n) is 2.96. The van der Waals surface area contributed by atoms with Gasteiger partial charge in [0, 0.05) is 17.8 Å². The van der Waals surface area contributed by atoms with Crippen LogP contribution >= 0.6 is 0 Å². The minimum Gasteiger partial charge on any atom is -0.411 e. The predicted octanol–water partition coefficient (Wildman–Crippen LogP) is 2.58. The topological polar surface area (TPSA) is 48.4 Å². The van der Waals surface area contributed by atoms with Crippen LogP contribution in [0.5, 0.6) is 0 Å². The fourth-order valence-corrected chi connectivity index (χ4v) is 2.18. The number of hydrogen-bond acceptors (Lipinski definition) is 2. The second-order valence-corrected chi connectivity index (χ2v) is 3.93. The summed E-state index contributed by atoms with van der Waals surface area (Å²) >= 11 is 0. The van der Waals surface area contributed by atoms with E-state index in [1.165, 1.54) is 18.5 Å². The van der Waals surface area contributed by atoms with Crippen LogP contribution in [0.1, 0.15) is 31.4 Å². The van der Waals surface area contributed by atoms with Crippen LogP contribution in [0, 0.1) is 5.92 Å². The molecule has 76 valence electrons. The first kappa shape index (κ1) is 9.31. The molecule has 0 amide bonds. The predicted molar refractivity (Wildman–Crippen MR) is 55.7 cm³/mol. The SMILES string of the molecule is O/N=C1/CCCCC1Cc1ccc[nH]1. The number of aromatic amines is 1. The molecule has 0 aliphatic heterocycles. The number of aromatic nitrogens is 1. The van der Waals surface area contributed by atoms with Gasteiger partial charge in [-0.15, -0.1) is 0 Å². The smallest absolute Gasteiger partial charge is 0.0605 e. The molecular formula is C11H16N2O. The van der Waals surface area contributed by atoms with Crippen LogP contribution in [0.25, 0.3) is 0 Å². The van der Waals surface area contributed by atoms with E-state index in [1.807, 2.05) is 12.3 Å². The summed E-state index contributed by atoms with van der Waals surface area (Å²) in [4.78, 5) is 3.19. The molecule has 2 rings (SSSR count). The number of hydrogen-bond donors (Lipinski definition) is 2. The first-order valence-corrected chi connectivity index (χ1v) is 5.23. The van der Waals surface area contributed by atoms with Crippen molar-refractivity contribution >= 4 is 5.71 Å². The largest absolute Gasteiger partial charge is 0.411 e. The molecule has 14 heavy (non-hydrogen) atoms. The lowest BCUT2D eigenvalue weighted by molar-refractivity contribution is 0.308. The van der Waals surface area contributed by atoms with Crippen molar-refractivity contribution in [2.75, 3.05) is 0 Å². The summed E-state index contributed by atoms with van der Waals surface area (Å²) in [5.74, 6) is 0.437. The van der Waals surface area contributed by atoms with E-state index in [0.717, 1.165) is 25.0 Å². The zero-order valence-corrected chi connectivity index (χ0v) is 8.24. The van der Waals surface area contributed by atoms with Crippen LogP contribution in [0.2, 0.25) is 0 Å². The molecule has 1 atom stereocenters. The summed E-state index contributed by atoms with van der Waals surface area (Å²) in [7, 11) is 0. The molecule has 1 aliphatic carbocycles. The standard InChI is InChI=1S/C11H16N2O/c14-13-11-6-2-1-4-9(11)8-10-5-3-7-12-10/h3,5,7,9,12,14H,1-2,4,6,8H2/b13-11-. The first-order valence-electron chi connectivity index (χ1n) is 5.23. The molecule has 0 radical (unpaired) electrons. The summed E-state index contributed by atoms with van der Waals surface area (Å²) < 4.78 is 0. The molecule has 1 heterocycles. The van der Waals surface area contributed by atoms with Gasteiger partial charge in [0.15, 0.2) is 0 Å². The van der Waals surface area contributed by atoms with Crippen LogP contribution in [0.4, 0.5) is 0 Å². The fraction of sp³-hybridized carbons (Fsp3) is 0.545. The van der Waals surface area contributed by atoms with Crippen molar-refractivity contribution in [2.45, 2.75) is 32.1 Å². The van der Waals surface area contributed by atoms with Crippen molar-refractivity contribution in [3.63, 3.8) is 0 Å². The Morgan fingerprint density at radius 3 is 3.14 bits per heavy atom. The van der Waals surface area contributed by atoms with Gasteiger partial charge >= 0.3 is 0 Å². The van der Waals surface area contributed by atoms with E-state index in [9.17, 15) is 0 Å². The normalized spacial score (nSPS) is 25.4. The Hall–Kier alpha value is -1.25. The molecule has 1 unspecified atom stereocenters. The average Bonchev–Trinajstić information content (AvgIpc) is 2.71. The number of nitrogens with one attached hydrogen (secondary N) is 1. The van der Waals surface area contributed by atoms with Crippen LogP contribution in [-0.2, 0) is 6.42 Å². The lowest BCUT2D eigenvalue weighted by Crippen LogP contribution is -2.21. The minimum atomic E-state index is 0.437. The molecule has 1 aromatic rings. The van der Waals surface area contributed by atoms with Gasteiger partial charge in [-0.3, -0.25) is 0 Å². The maximum absolute atomic E-state index is 8.87. The van der Waals surface area contributed by atoms with Gasteiger partial charge in [0.2, 0.25) is 0 Å². The first-order chi connectivity index (χ1) is 6.90. The summed E-state index contributed by atoms with van der Waals surface area (Å²) in [5, 5.41) is 12.3. The number of H-pyrrole nitrogens is 1. The molecule has 3 heteroatoms. The molecule has 1 saturated carbocycles. The van der Waals surface area contributed by atoms with Gasteiger partial charge in [-0.25, -0.2) is 0 Å². The van der Waals surface area contributed by atoms with Crippen molar-refractivity contribution in [3.8, 4) is 0 Å². The molecule has 0 aromatic carbocycles. The molecular weight excluding hydrogens is 176 g/mol. The van der Waals surface area contributed by atoms with Gasteiger partial charge in [0.05, 0.1) is 5.71 Å². The highest BCUT2D eigenvalue weighted by molar-refractivity contribution is 5.87. The Morgan fingerprint density at radius 1 is 1.50 bits per heavy atom. The maximum Gasteiger partial charge on any atom is 0.0605 e. The van der Waals surface area contributed by atoms with E-state index in [2.05, 4.69) is 16.2 Å². The summed E-state index contributed by atoms with van der Waals surface area (Å²) in [6, 6.07) is 4.09. The molecule has 0 saturated heterocycles. The van der Waals surface area contributed by atoms with Crippen molar-refractivity contribution in [2.24, 2.45) is 11.1 Å². The van der Waals surface area contributed by atoms with Crippen molar-refractivity contribution in [1.82, 2.24) is 4.98 Å². The molecule has 0 spiro atoms. The number of oxime groups is 1. The van der Waals surface area contributed by atoms with Crippen LogP contribution < -0.4 is 0 Å². The van der Waals surface area contributed by atoms with Crippen LogP contribution in [0.3, 0.4) is 0 Å². The Labute approximate surface area is 83.8 Å². The zero-order chi connectivity index (χ0) is 9.80. The number of rotatable bonds is 2. The molecule has 1 aromatic heterocycles. The van der Waals surface area contributed by atoms with E-state index >= 15 is 0 Å². The quantitative estimate of drug-likeness (QED) is 0.549. The van der Waals surface area contributed by atoms with E-state index < -0.39 is 0 Å². The van der Waals surface area contributed by atoms with E-state index in [0.29, 0.717) is 5.92 Å². The van der Waals surface area contributed by atoms with Gasteiger partial charge in [0.25, 0.3) is 0 Å². The van der Waals surface area contributed by atoms with E-state index in [1.54, 1.807) is 0 Å². The molecule has 0 bridgehead atoms. The zero-order valence-electron chi connectivity index (χ0n) is 8.24. The molecule has 1 fully saturated rings. The number of nitrogens with zero attached hydrogens (tertiary/aromatic N) is 1. The lowest BCUT2D eigenvalue weighted by Gasteiger charge is -2.22. The van der Waals surface area contributed by atoms with Crippen molar-refractivity contribution in [1.29, 1.82) is 0 Å². The van der Waals surface area contributed by atoms with E-state index in [-0.39, 0.29) is 0 Å². The second kappa shape index (κ2) is 4.31. The minimum absolute atomic E-state index is 0.437. The van der Waals surface area contributed by atoms with Crippen LogP contribution in [0.15, 0.2) is 23.5 Å². The van der Waals surface area contributed by atoms with E-state index in [4.69, 9.17) is 5.21 Å². The Balaban J connectivity index is 2.02. The van der Waals surface area contributed by atoms with Gasteiger partial charge in [-0.05, 0) is 37.8 Å². The fourth-order valence-electron chi connectivity index (χ4n) is 2.18. The molecule has 3 nitrogen and oxygen atoms in total. The monoisotopic (exact) mass is 192 g/mol. The average molecular weight is 192 g/mol. The summed E-state index contributed by atoms with van der Waals surface area (Å²) in [5.41, 5.74) is 2.21. The Bertz CT molecular complexity index is 303. The highest BCUT2D eigenvalue weighted by atomic mass is 16.4. The summed E-state index contributed by atoms with van der Waals surface area (Å²) in [6.45, 7) is 0. The highest BCUT2D eigenvalue weighted by Gasteiger charge is 2.21. The van der Waals surface area contributed by atoms with Crippen molar-refractivity contribution in [3.05, 3.63) is 24.0 Å². The van der Waals surface area contributed by atoms with Crippen molar-refractivity contribution < 1.29 is 5.21 Å². The third-order valence-corrected chi connectivity index (χ3v) is 2.96. The Kier molecular flexibility index (Phi) is 2.87. The van der Waals surface area contributed by atoms with Crippen LogP contribution in [-0.4, -0.2) is 15.9 Å². The van der Waals surface area contributed by atoms with Gasteiger partial charge < -0.3 is 10.2 Å². The van der Waals surface area contributed by atoms with Gasteiger partial charge in [0.1, 0.15) is 0 Å². The van der Waals surface area contributed by atoms with Gasteiger partial charge in [-0.2, -0.15) is 0 Å². The second-order valence-electron chi connectivity index (χ2n) is 3.93. The third kappa shape index (κ3) is 1.97. The molecule has 2 N–H and O–H groups in total. The Morgan fingerprint density at radius 2 is 2.43 bits per heavy atom.